The van der Waals surface area contributed by atoms with Crippen LogP contribution >= 0.6 is 11.3 Å². The summed E-state index contributed by atoms with van der Waals surface area (Å²) in [5.41, 5.74) is 4.50. The summed E-state index contributed by atoms with van der Waals surface area (Å²) in [7, 11) is 0. The number of fused-ring (bicyclic) bond motifs is 1. The van der Waals surface area contributed by atoms with Crippen molar-refractivity contribution in [3.8, 4) is 5.69 Å². The van der Waals surface area contributed by atoms with Crippen LogP contribution in [-0.2, 0) is 6.42 Å². The number of nitrogens with one attached hydrogen (secondary N) is 1. The molecule has 1 aromatic carbocycles. The normalized spacial score (nSPS) is 18.9. The van der Waals surface area contributed by atoms with Gasteiger partial charge in [-0.1, -0.05) is 25.0 Å². The van der Waals surface area contributed by atoms with Gasteiger partial charge in [0.15, 0.2) is 0 Å². The number of pyridine rings is 1. The average Bonchev–Trinajstić information content (AvgIpc) is 3.48. The fourth-order valence-electron chi connectivity index (χ4n) is 4.20. The predicted molar refractivity (Wildman–Crippen MR) is 122 cm³/mol. The summed E-state index contributed by atoms with van der Waals surface area (Å²) < 4.78 is 2.93. The van der Waals surface area contributed by atoms with Gasteiger partial charge in [0.05, 0.1) is 28.0 Å². The zero-order chi connectivity index (χ0) is 21.2. The lowest BCUT2D eigenvalue weighted by Crippen LogP contribution is -2.45. The molecular formula is C24H24N4O2S. The van der Waals surface area contributed by atoms with Crippen molar-refractivity contribution in [1.82, 2.24) is 20.1 Å². The van der Waals surface area contributed by atoms with Gasteiger partial charge in [0.25, 0.3) is 5.91 Å². The predicted octanol–water partition coefficient (Wildman–Crippen LogP) is 4.11. The van der Waals surface area contributed by atoms with Crippen molar-refractivity contribution in [2.75, 3.05) is 0 Å². The maximum atomic E-state index is 12.9. The van der Waals surface area contributed by atoms with Crippen LogP contribution < -0.4 is 5.32 Å². The first-order valence-electron chi connectivity index (χ1n) is 10.6. The Morgan fingerprint density at radius 3 is 2.81 bits per heavy atom. The smallest absolute Gasteiger partial charge is 0.270 e. The number of hydrogen-bond acceptors (Lipinski definition) is 5. The zero-order valence-corrected chi connectivity index (χ0v) is 17.9. The van der Waals surface area contributed by atoms with Crippen molar-refractivity contribution in [3.05, 3.63) is 77.1 Å². The molecule has 0 unspecified atom stereocenters. The van der Waals surface area contributed by atoms with E-state index in [1.54, 1.807) is 17.5 Å². The molecule has 1 amide bonds. The fourth-order valence-corrected chi connectivity index (χ4v) is 5.05. The number of rotatable bonds is 5. The molecular weight excluding hydrogens is 408 g/mol. The Kier molecular flexibility index (Phi) is 5.53. The highest BCUT2D eigenvalue weighted by Crippen LogP contribution is 2.27. The number of nitrogens with zero attached hydrogens (tertiary/aromatic N) is 3. The summed E-state index contributed by atoms with van der Waals surface area (Å²) in [6.45, 7) is 0. The van der Waals surface area contributed by atoms with Crippen LogP contribution in [0.2, 0.25) is 0 Å². The monoisotopic (exact) mass is 432 g/mol. The van der Waals surface area contributed by atoms with Gasteiger partial charge in [-0.05, 0) is 66.1 Å². The molecule has 0 spiro atoms. The molecule has 2 N–H and O–H groups in total. The summed E-state index contributed by atoms with van der Waals surface area (Å²) in [4.78, 5) is 17.5. The SMILES string of the molecule is O=C(N[C@@H]1CCCC[C@H]1O)c1cc(Cc2ccc(-n3cccn3)cc2)c2sccc2n1. The number of aliphatic hydroxyl groups excluding tert-OH is 1. The Balaban J connectivity index is 1.39. The van der Waals surface area contributed by atoms with Crippen molar-refractivity contribution < 1.29 is 9.90 Å². The molecule has 0 bridgehead atoms. The third kappa shape index (κ3) is 4.24. The summed E-state index contributed by atoms with van der Waals surface area (Å²) in [5, 5.41) is 19.5. The third-order valence-corrected chi connectivity index (χ3v) is 6.85. The van der Waals surface area contributed by atoms with E-state index in [-0.39, 0.29) is 11.9 Å². The highest BCUT2D eigenvalue weighted by atomic mass is 32.1. The van der Waals surface area contributed by atoms with E-state index < -0.39 is 6.10 Å². The van der Waals surface area contributed by atoms with Crippen LogP contribution in [0, 0.1) is 0 Å². The molecule has 158 valence electrons. The quantitative estimate of drug-likeness (QED) is 0.497. The molecule has 1 fully saturated rings. The van der Waals surface area contributed by atoms with Crippen LogP contribution in [0.5, 0.6) is 0 Å². The molecule has 1 aliphatic rings. The van der Waals surface area contributed by atoms with E-state index in [0.717, 1.165) is 52.7 Å². The fraction of sp³-hybridized carbons (Fsp3) is 0.292. The molecule has 1 aliphatic carbocycles. The summed E-state index contributed by atoms with van der Waals surface area (Å²) in [5.74, 6) is -0.214. The van der Waals surface area contributed by atoms with E-state index in [0.29, 0.717) is 12.1 Å². The average molecular weight is 433 g/mol. The lowest BCUT2D eigenvalue weighted by atomic mass is 9.92. The topological polar surface area (TPSA) is 80.0 Å². The number of thiophene rings is 1. The van der Waals surface area contributed by atoms with Crippen molar-refractivity contribution in [1.29, 1.82) is 0 Å². The van der Waals surface area contributed by atoms with Gasteiger partial charge in [-0.3, -0.25) is 4.79 Å². The van der Waals surface area contributed by atoms with Gasteiger partial charge in [-0.2, -0.15) is 5.10 Å². The van der Waals surface area contributed by atoms with E-state index in [9.17, 15) is 9.90 Å². The van der Waals surface area contributed by atoms with Crippen LogP contribution in [0.15, 0.2) is 60.2 Å². The van der Waals surface area contributed by atoms with Crippen molar-refractivity contribution in [2.45, 2.75) is 44.2 Å². The van der Waals surface area contributed by atoms with Gasteiger partial charge in [-0.15, -0.1) is 11.3 Å². The molecule has 2 atom stereocenters. The van der Waals surface area contributed by atoms with E-state index in [1.165, 1.54) is 0 Å². The largest absolute Gasteiger partial charge is 0.391 e. The second-order valence-electron chi connectivity index (χ2n) is 8.03. The second kappa shape index (κ2) is 8.61. The molecule has 0 aliphatic heterocycles. The molecule has 4 aromatic rings. The number of aliphatic hydroxyl groups is 1. The van der Waals surface area contributed by atoms with Gasteiger partial charge < -0.3 is 10.4 Å². The van der Waals surface area contributed by atoms with Crippen molar-refractivity contribution in [2.24, 2.45) is 0 Å². The number of carbonyl (C=O) groups excluding carboxylic acids is 1. The molecule has 5 rings (SSSR count). The first kappa shape index (κ1) is 19.9. The first-order valence-corrected chi connectivity index (χ1v) is 11.5. The van der Waals surface area contributed by atoms with Crippen molar-refractivity contribution >= 4 is 27.5 Å². The Morgan fingerprint density at radius 1 is 1.19 bits per heavy atom. The molecule has 31 heavy (non-hydrogen) atoms. The number of amides is 1. The first-order chi connectivity index (χ1) is 15.2. The maximum Gasteiger partial charge on any atom is 0.270 e. The Labute approximate surface area is 184 Å². The zero-order valence-electron chi connectivity index (χ0n) is 17.1. The minimum atomic E-state index is -0.477. The third-order valence-electron chi connectivity index (χ3n) is 5.87. The van der Waals surface area contributed by atoms with Crippen LogP contribution in [-0.4, -0.2) is 37.9 Å². The Morgan fingerprint density at radius 2 is 2.03 bits per heavy atom. The van der Waals surface area contributed by atoms with Gasteiger partial charge in [-0.25, -0.2) is 9.67 Å². The van der Waals surface area contributed by atoms with E-state index in [1.807, 2.05) is 46.6 Å². The number of aromatic nitrogens is 3. The van der Waals surface area contributed by atoms with Crippen LogP contribution in [0.3, 0.4) is 0 Å². The van der Waals surface area contributed by atoms with E-state index in [2.05, 4.69) is 27.5 Å². The van der Waals surface area contributed by atoms with Crippen LogP contribution in [0.1, 0.15) is 47.3 Å². The lowest BCUT2D eigenvalue weighted by Gasteiger charge is -2.28. The summed E-state index contributed by atoms with van der Waals surface area (Å²) >= 11 is 1.64. The van der Waals surface area contributed by atoms with Gasteiger partial charge >= 0.3 is 0 Å². The number of benzene rings is 1. The molecule has 0 saturated heterocycles. The van der Waals surface area contributed by atoms with Crippen LogP contribution in [0.25, 0.3) is 15.9 Å². The minimum absolute atomic E-state index is 0.195. The second-order valence-corrected chi connectivity index (χ2v) is 8.94. The molecule has 3 heterocycles. The summed E-state index contributed by atoms with van der Waals surface area (Å²) in [6, 6.07) is 13.8. The molecule has 3 aromatic heterocycles. The maximum absolute atomic E-state index is 12.9. The van der Waals surface area contributed by atoms with E-state index in [4.69, 9.17) is 0 Å². The minimum Gasteiger partial charge on any atom is -0.391 e. The van der Waals surface area contributed by atoms with Gasteiger partial charge in [0.2, 0.25) is 0 Å². The standard InChI is InChI=1S/C24H24N4O2S/c29-22-5-2-1-4-19(22)27-24(30)21-15-17(23-20(26-21)10-13-31-23)14-16-6-8-18(9-7-16)28-12-3-11-25-28/h3,6-13,15,19,22,29H,1-2,4-5,14H2,(H,27,30)/t19-,22-/m1/s1. The molecule has 1 saturated carbocycles. The molecule has 6 nitrogen and oxygen atoms in total. The lowest BCUT2D eigenvalue weighted by molar-refractivity contribution is 0.0714. The van der Waals surface area contributed by atoms with Crippen LogP contribution in [0.4, 0.5) is 0 Å². The van der Waals surface area contributed by atoms with E-state index >= 15 is 0 Å². The number of hydrogen-bond donors (Lipinski definition) is 2. The molecule has 7 heteroatoms. The van der Waals surface area contributed by atoms with Crippen molar-refractivity contribution in [3.63, 3.8) is 0 Å². The Hall–Kier alpha value is -3.03. The summed E-state index contributed by atoms with van der Waals surface area (Å²) in [6.07, 6.45) is 7.50. The highest BCUT2D eigenvalue weighted by Gasteiger charge is 2.25. The van der Waals surface area contributed by atoms with Gasteiger partial charge in [0.1, 0.15) is 5.69 Å². The Bertz CT molecular complexity index is 1180. The highest BCUT2D eigenvalue weighted by molar-refractivity contribution is 7.17. The number of carbonyl (C=O) groups is 1. The molecule has 0 radical (unpaired) electrons. The van der Waals surface area contributed by atoms with Gasteiger partial charge in [0, 0.05) is 12.4 Å².